The number of likely N-dealkylation sites (tertiary alicyclic amines) is 1. The number of rotatable bonds is 5. The van der Waals surface area contributed by atoms with Crippen LogP contribution in [0.3, 0.4) is 0 Å². The van der Waals surface area contributed by atoms with Crippen LogP contribution in [0.4, 0.5) is 11.6 Å². The Labute approximate surface area is 137 Å². The summed E-state index contributed by atoms with van der Waals surface area (Å²) in [5, 5.41) is 11.9. The van der Waals surface area contributed by atoms with Crippen molar-refractivity contribution in [2.45, 2.75) is 32.7 Å². The number of carbonyl (C=O) groups excluding carboxylic acids is 1. The Morgan fingerprint density at radius 3 is 3.04 bits per heavy atom. The maximum atomic E-state index is 12.0. The lowest BCUT2D eigenvalue weighted by Gasteiger charge is -2.42. The zero-order valence-corrected chi connectivity index (χ0v) is 14.0. The van der Waals surface area contributed by atoms with Crippen LogP contribution < -0.4 is 10.2 Å². The van der Waals surface area contributed by atoms with Crippen LogP contribution in [0.15, 0.2) is 12.4 Å². The second-order valence-corrected chi connectivity index (χ2v) is 5.91. The van der Waals surface area contributed by atoms with E-state index in [-0.39, 0.29) is 18.4 Å². The minimum atomic E-state index is -0.0890. The lowest BCUT2D eigenvalue weighted by molar-refractivity contribution is -0.131. The highest BCUT2D eigenvalue weighted by molar-refractivity contribution is 5.78. The number of hydrogen-bond acceptors (Lipinski definition) is 6. The fourth-order valence-corrected chi connectivity index (χ4v) is 2.95. The maximum Gasteiger partial charge on any atom is 0.236 e. The van der Waals surface area contributed by atoms with Crippen molar-refractivity contribution in [3.63, 3.8) is 0 Å². The number of amides is 1. The van der Waals surface area contributed by atoms with Crippen molar-refractivity contribution in [2.24, 2.45) is 5.92 Å². The molecular formula is C16H24N6O. The molecule has 1 N–H and O–H groups in total. The average molecular weight is 316 g/mol. The molecular weight excluding hydrogens is 292 g/mol. The molecule has 7 nitrogen and oxygen atoms in total. The van der Waals surface area contributed by atoms with E-state index in [2.05, 4.69) is 27.1 Å². The molecule has 1 aliphatic rings. The Morgan fingerprint density at radius 2 is 2.35 bits per heavy atom. The molecule has 124 valence electrons. The van der Waals surface area contributed by atoms with E-state index in [0.29, 0.717) is 12.5 Å². The van der Waals surface area contributed by atoms with Crippen LogP contribution in [0.25, 0.3) is 0 Å². The highest BCUT2D eigenvalue weighted by Gasteiger charge is 2.32. The number of nitrogens with zero attached hydrogens (tertiary/aromatic N) is 5. The van der Waals surface area contributed by atoms with Crippen LogP contribution in [-0.2, 0) is 4.79 Å². The molecule has 1 amide bonds. The Hall–Kier alpha value is -2.36. The first-order chi connectivity index (χ1) is 11.1. The van der Waals surface area contributed by atoms with E-state index in [4.69, 9.17) is 5.26 Å². The van der Waals surface area contributed by atoms with Gasteiger partial charge in [-0.1, -0.05) is 6.92 Å². The molecule has 1 saturated heterocycles. The van der Waals surface area contributed by atoms with Crippen LogP contribution in [0.1, 0.15) is 26.7 Å². The van der Waals surface area contributed by atoms with E-state index in [1.807, 2.05) is 26.1 Å². The van der Waals surface area contributed by atoms with Crippen molar-refractivity contribution in [1.29, 1.82) is 5.26 Å². The summed E-state index contributed by atoms with van der Waals surface area (Å²) in [5.41, 5.74) is 0. The van der Waals surface area contributed by atoms with E-state index in [1.165, 1.54) is 0 Å². The summed E-state index contributed by atoms with van der Waals surface area (Å²) in [7, 11) is 2.00. The highest BCUT2D eigenvalue weighted by Crippen LogP contribution is 2.25. The first-order valence-electron chi connectivity index (χ1n) is 8.00. The molecule has 23 heavy (non-hydrogen) atoms. The molecule has 2 atom stereocenters. The summed E-state index contributed by atoms with van der Waals surface area (Å²) in [6.07, 6.45) is 2.43. The second kappa shape index (κ2) is 7.77. The Balaban J connectivity index is 2.13. The van der Waals surface area contributed by atoms with Crippen molar-refractivity contribution in [3.05, 3.63) is 12.4 Å². The lowest BCUT2D eigenvalue weighted by Crippen LogP contribution is -2.52. The molecule has 0 bridgehead atoms. The topological polar surface area (TPSA) is 85.1 Å². The third-order valence-corrected chi connectivity index (χ3v) is 4.37. The van der Waals surface area contributed by atoms with Gasteiger partial charge in [-0.15, -0.1) is 0 Å². The minimum absolute atomic E-state index is 0.0527. The van der Waals surface area contributed by atoms with E-state index < -0.39 is 0 Å². The molecule has 1 fully saturated rings. The monoisotopic (exact) mass is 316 g/mol. The normalized spacial score (nSPS) is 20.7. The van der Waals surface area contributed by atoms with Crippen LogP contribution in [0.5, 0.6) is 0 Å². The molecule has 7 heteroatoms. The molecule has 2 rings (SSSR count). The first-order valence-corrected chi connectivity index (χ1v) is 8.00. The van der Waals surface area contributed by atoms with Gasteiger partial charge < -0.3 is 15.1 Å². The first kappa shape index (κ1) is 17.0. The molecule has 0 aromatic carbocycles. The smallest absolute Gasteiger partial charge is 0.236 e. The fraction of sp³-hybridized carbons (Fsp3) is 0.625. The van der Waals surface area contributed by atoms with Crippen molar-refractivity contribution >= 4 is 17.5 Å². The maximum absolute atomic E-state index is 12.0. The third-order valence-electron chi connectivity index (χ3n) is 4.37. The summed E-state index contributed by atoms with van der Waals surface area (Å²) < 4.78 is 0. The number of anilines is 2. The summed E-state index contributed by atoms with van der Waals surface area (Å²) in [5.74, 6) is 1.99. The molecule has 0 radical (unpaired) electrons. The van der Waals surface area contributed by atoms with Gasteiger partial charge in [-0.05, 0) is 19.3 Å². The van der Waals surface area contributed by atoms with Gasteiger partial charge in [-0.25, -0.2) is 9.97 Å². The number of hydrogen-bond donors (Lipinski definition) is 1. The SMILES string of the molecule is CCNc1cc(N(C)[C@H]2CN(C(=O)CC#N)CC[C@H]2C)ncn1. The number of nitrogens with one attached hydrogen (secondary N) is 1. The van der Waals surface area contributed by atoms with E-state index in [1.54, 1.807) is 11.2 Å². The molecule has 0 unspecified atom stereocenters. The number of nitriles is 1. The minimum Gasteiger partial charge on any atom is -0.370 e. The van der Waals surface area contributed by atoms with E-state index >= 15 is 0 Å². The zero-order chi connectivity index (χ0) is 16.8. The average Bonchev–Trinajstić information content (AvgIpc) is 2.55. The van der Waals surface area contributed by atoms with Gasteiger partial charge in [0.05, 0.1) is 12.1 Å². The van der Waals surface area contributed by atoms with Gasteiger partial charge in [0.15, 0.2) is 0 Å². The largest absolute Gasteiger partial charge is 0.370 e. The van der Waals surface area contributed by atoms with Crippen LogP contribution >= 0.6 is 0 Å². The summed E-state index contributed by atoms with van der Waals surface area (Å²) in [6, 6.07) is 4.04. The van der Waals surface area contributed by atoms with Gasteiger partial charge in [0, 0.05) is 32.7 Å². The van der Waals surface area contributed by atoms with Crippen molar-refractivity contribution < 1.29 is 4.79 Å². The third kappa shape index (κ3) is 4.09. The van der Waals surface area contributed by atoms with Gasteiger partial charge >= 0.3 is 0 Å². The highest BCUT2D eigenvalue weighted by atomic mass is 16.2. The van der Waals surface area contributed by atoms with E-state index in [0.717, 1.165) is 31.1 Å². The number of likely N-dealkylation sites (N-methyl/N-ethyl adjacent to an activating group) is 1. The summed E-state index contributed by atoms with van der Waals surface area (Å²) in [6.45, 7) is 6.36. The molecule has 1 aliphatic heterocycles. The molecule has 1 aromatic rings. The predicted octanol–water partition coefficient (Wildman–Crippen LogP) is 1.50. The molecule has 0 spiro atoms. The quantitative estimate of drug-likeness (QED) is 0.886. The number of carbonyl (C=O) groups is 1. The van der Waals surface area contributed by atoms with Gasteiger partial charge in [0.2, 0.25) is 5.91 Å². The standard InChI is InChI=1S/C16H24N6O/c1-4-18-14-9-15(20-11-19-14)21(3)13-10-22(8-6-12(13)2)16(23)5-7-17/h9,11-13H,4-6,8,10H2,1-3H3,(H,18,19,20)/t12-,13+/m1/s1. The molecule has 0 saturated carbocycles. The van der Waals surface area contributed by atoms with Gasteiger partial charge in [0.1, 0.15) is 24.4 Å². The zero-order valence-electron chi connectivity index (χ0n) is 14.0. The number of aromatic nitrogens is 2. The van der Waals surface area contributed by atoms with Crippen LogP contribution in [0, 0.1) is 17.2 Å². The summed E-state index contributed by atoms with van der Waals surface area (Å²) in [4.78, 5) is 24.4. The Bertz CT molecular complexity index is 584. The van der Waals surface area contributed by atoms with Crippen LogP contribution in [-0.4, -0.2) is 53.5 Å². The predicted molar refractivity (Wildman–Crippen MR) is 89.0 cm³/mol. The number of piperidine rings is 1. The lowest BCUT2D eigenvalue weighted by atomic mass is 9.92. The van der Waals surface area contributed by atoms with Gasteiger partial charge in [-0.3, -0.25) is 4.79 Å². The van der Waals surface area contributed by atoms with Gasteiger partial charge in [0.25, 0.3) is 0 Å². The molecule has 1 aromatic heterocycles. The van der Waals surface area contributed by atoms with Gasteiger partial charge in [-0.2, -0.15) is 5.26 Å². The van der Waals surface area contributed by atoms with Crippen molar-refractivity contribution in [1.82, 2.24) is 14.9 Å². The Morgan fingerprint density at radius 1 is 1.57 bits per heavy atom. The molecule has 0 aliphatic carbocycles. The van der Waals surface area contributed by atoms with Crippen molar-refractivity contribution in [3.8, 4) is 6.07 Å². The fourth-order valence-electron chi connectivity index (χ4n) is 2.95. The van der Waals surface area contributed by atoms with E-state index in [9.17, 15) is 4.79 Å². The second-order valence-electron chi connectivity index (χ2n) is 5.91. The van der Waals surface area contributed by atoms with Crippen LogP contribution in [0.2, 0.25) is 0 Å². The molecule has 2 heterocycles. The van der Waals surface area contributed by atoms with Crippen molar-refractivity contribution in [2.75, 3.05) is 36.9 Å². The summed E-state index contributed by atoms with van der Waals surface area (Å²) >= 11 is 0. The Kier molecular flexibility index (Phi) is 5.74.